The zero-order valence-electron chi connectivity index (χ0n) is 23.5. The van der Waals surface area contributed by atoms with Gasteiger partial charge in [-0.25, -0.2) is 0 Å². The summed E-state index contributed by atoms with van der Waals surface area (Å²) in [5, 5.41) is 68.2. The van der Waals surface area contributed by atoms with Crippen LogP contribution in [0.3, 0.4) is 0 Å². The Hall–Kier alpha value is -3.04. The number of rotatable bonds is 10. The van der Waals surface area contributed by atoms with Crippen molar-refractivity contribution in [2.45, 2.75) is 77.8 Å². The van der Waals surface area contributed by atoms with E-state index in [0.29, 0.717) is 0 Å². The van der Waals surface area contributed by atoms with Crippen molar-refractivity contribution in [3.8, 4) is 0 Å². The molecule has 0 saturated carbocycles. The van der Waals surface area contributed by atoms with Gasteiger partial charge in [-0.15, -0.1) is 0 Å². The van der Waals surface area contributed by atoms with Crippen molar-refractivity contribution < 1.29 is 60.0 Å². The first kappa shape index (κ1) is 42.4. The molecule has 228 valence electrons. The second-order valence-corrected chi connectivity index (χ2v) is 12.6. The van der Waals surface area contributed by atoms with Gasteiger partial charge in [0.2, 0.25) is 0 Å². The van der Waals surface area contributed by atoms with Gasteiger partial charge in [-0.3, -0.25) is 9.59 Å². The van der Waals surface area contributed by atoms with Crippen LogP contribution in [0.25, 0.3) is 0 Å². The molecule has 0 radical (unpaired) electrons. The molecule has 13 heteroatoms. The molecule has 0 spiro atoms. The number of hydrogen-bond donors (Lipinski definition) is 6. The van der Waals surface area contributed by atoms with E-state index in [2.05, 4.69) is 60.7 Å². The molecule has 2 aromatic rings. The molecule has 2 aromatic carbocycles. The number of carboxylic acids is 4. The molecule has 2 rings (SSSR count). The van der Waals surface area contributed by atoms with E-state index in [-0.39, 0.29) is 25.7 Å². The fourth-order valence-corrected chi connectivity index (χ4v) is 5.20. The Morgan fingerprint density at radius 2 is 0.805 bits per heavy atom. The van der Waals surface area contributed by atoms with Crippen molar-refractivity contribution in [2.75, 3.05) is 0 Å². The van der Waals surface area contributed by atoms with Gasteiger partial charge >= 0.3 is 101 Å². The number of carbonyl (C=O) groups excluding carboxylic acids is 2. The Morgan fingerprint density at radius 3 is 0.927 bits per heavy atom. The fourth-order valence-electron chi connectivity index (χ4n) is 2.20. The molecular weight excluding hydrogens is 647 g/mol. The predicted molar refractivity (Wildman–Crippen MR) is 148 cm³/mol. The van der Waals surface area contributed by atoms with Crippen molar-refractivity contribution in [3.63, 3.8) is 0 Å². The van der Waals surface area contributed by atoms with Crippen molar-refractivity contribution in [3.05, 3.63) is 60.7 Å². The van der Waals surface area contributed by atoms with E-state index in [4.69, 9.17) is 30.6 Å². The second kappa shape index (κ2) is 27.1. The number of carbonyl (C=O) groups is 4. The maximum absolute atomic E-state index is 9.65. The molecular formula is C28H40O12Sn. The van der Waals surface area contributed by atoms with Crippen LogP contribution in [0.15, 0.2) is 60.7 Å². The van der Waals surface area contributed by atoms with Crippen molar-refractivity contribution in [1.82, 2.24) is 0 Å². The predicted octanol–water partition coefficient (Wildman–Crippen LogP) is -1.96. The average molecular weight is 687 g/mol. The summed E-state index contributed by atoms with van der Waals surface area (Å²) in [6, 6.07) is 21.6. The van der Waals surface area contributed by atoms with E-state index in [1.807, 2.05) is 0 Å². The molecule has 0 aliphatic rings. The summed E-state index contributed by atoms with van der Waals surface area (Å²) in [4.78, 5) is 38.4. The fraction of sp³-hybridized carbons (Fsp3) is 0.429. The van der Waals surface area contributed by atoms with E-state index in [1.165, 1.54) is 34.9 Å². The third kappa shape index (κ3) is 41.6. The number of aliphatic hydroxyl groups is 4. The zero-order valence-corrected chi connectivity index (χ0v) is 26.4. The summed E-state index contributed by atoms with van der Waals surface area (Å²) in [6.07, 6.45) is -3.91. The van der Waals surface area contributed by atoms with Crippen LogP contribution >= 0.6 is 0 Å². The molecule has 0 amide bonds. The minimum absolute atomic E-state index is 0.167. The van der Waals surface area contributed by atoms with Gasteiger partial charge in [-0.1, -0.05) is 0 Å². The van der Waals surface area contributed by atoms with Gasteiger partial charge in [-0.05, 0) is 27.7 Å². The number of carboxylic acid groups (broad SMARTS) is 4. The molecule has 0 bridgehead atoms. The number of aliphatic carboxylic acids is 4. The summed E-state index contributed by atoms with van der Waals surface area (Å²) in [7, 11) is 0. The third-order valence-electron chi connectivity index (χ3n) is 3.70. The molecule has 4 atom stereocenters. The van der Waals surface area contributed by atoms with E-state index in [0.717, 1.165) is 0 Å². The first-order chi connectivity index (χ1) is 19.0. The molecule has 0 aromatic heterocycles. The van der Waals surface area contributed by atoms with Crippen LogP contribution < -0.4 is 17.4 Å². The normalized spacial score (nSPS) is 12.1. The SMILES string of the molecule is CC(O)CC(=O)O.CC(O)CC(=O)O.CC(O)CC(=O)[O-].CC(O)CC(=O)[O-].c1cc[c]([Sn+2][c]2ccccc2)cc1. The Kier molecular flexibility index (Phi) is 28.1. The quantitative estimate of drug-likeness (QED) is 0.150. The molecule has 0 heterocycles. The Bertz CT molecular complexity index is 832. The van der Waals surface area contributed by atoms with Crippen LogP contribution in [0.1, 0.15) is 53.4 Å². The zero-order chi connectivity index (χ0) is 32.4. The first-order valence-electron chi connectivity index (χ1n) is 12.4. The van der Waals surface area contributed by atoms with Crippen molar-refractivity contribution in [1.29, 1.82) is 0 Å². The molecule has 4 unspecified atom stereocenters. The van der Waals surface area contributed by atoms with Gasteiger partial charge < -0.3 is 50.4 Å². The van der Waals surface area contributed by atoms with Gasteiger partial charge in [0.05, 0.1) is 37.3 Å². The van der Waals surface area contributed by atoms with Crippen LogP contribution in [0, 0.1) is 0 Å². The van der Waals surface area contributed by atoms with E-state index >= 15 is 0 Å². The monoisotopic (exact) mass is 688 g/mol. The van der Waals surface area contributed by atoms with Crippen molar-refractivity contribution in [2.24, 2.45) is 0 Å². The third-order valence-corrected chi connectivity index (χ3v) is 7.25. The topological polar surface area (TPSA) is 236 Å². The maximum atomic E-state index is 9.65. The molecule has 6 N–H and O–H groups in total. The molecule has 12 nitrogen and oxygen atoms in total. The first-order valence-corrected chi connectivity index (χ1v) is 15.2. The summed E-state index contributed by atoms with van der Waals surface area (Å²) in [5.74, 6) is -4.35. The Morgan fingerprint density at radius 1 is 0.561 bits per heavy atom. The van der Waals surface area contributed by atoms with Crippen LogP contribution in [0.2, 0.25) is 0 Å². The molecule has 0 saturated heterocycles. The van der Waals surface area contributed by atoms with Crippen LogP contribution in [0.5, 0.6) is 0 Å². The number of hydrogen-bond acceptors (Lipinski definition) is 10. The van der Waals surface area contributed by atoms with Gasteiger partial charge in [0.25, 0.3) is 0 Å². The van der Waals surface area contributed by atoms with E-state index < -0.39 is 69.4 Å². The standard InChI is InChI=1S/2C6H5.4C4H8O3.Sn/c2*1-2-4-6-5-3-1;4*1-3(5)2-4(6)7;/h2*1-5H;4*3,5H,2H2,1H3,(H,6,7);/q;;;;;;+2/p-2. The molecule has 0 aliphatic heterocycles. The van der Waals surface area contributed by atoms with E-state index in [1.54, 1.807) is 0 Å². The van der Waals surface area contributed by atoms with Gasteiger partial charge in [0.1, 0.15) is 0 Å². The minimum atomic E-state index is -1.21. The molecule has 0 fully saturated rings. The van der Waals surface area contributed by atoms with Gasteiger partial charge in [0.15, 0.2) is 0 Å². The van der Waals surface area contributed by atoms with E-state index in [9.17, 15) is 29.4 Å². The van der Waals surface area contributed by atoms with Crippen LogP contribution in [-0.4, -0.2) is 100 Å². The number of benzene rings is 2. The van der Waals surface area contributed by atoms with Crippen LogP contribution in [-0.2, 0) is 19.2 Å². The summed E-state index contributed by atoms with van der Waals surface area (Å²) in [6.45, 7) is 5.67. The van der Waals surface area contributed by atoms with Crippen molar-refractivity contribution >= 4 is 52.2 Å². The Balaban J connectivity index is -0.000000458. The summed E-state index contributed by atoms with van der Waals surface area (Å²) >= 11 is -0.517. The number of aliphatic hydroxyl groups excluding tert-OH is 4. The average Bonchev–Trinajstić information content (AvgIpc) is 2.78. The van der Waals surface area contributed by atoms with Gasteiger partial charge in [0, 0.05) is 24.8 Å². The summed E-state index contributed by atoms with van der Waals surface area (Å²) < 4.78 is 3.08. The second-order valence-electron chi connectivity index (χ2n) is 8.60. The molecule has 0 aliphatic carbocycles. The molecule has 41 heavy (non-hydrogen) atoms. The Labute approximate surface area is 250 Å². The van der Waals surface area contributed by atoms with Crippen LogP contribution in [0.4, 0.5) is 0 Å². The van der Waals surface area contributed by atoms with Gasteiger partial charge in [-0.2, -0.15) is 0 Å². The summed E-state index contributed by atoms with van der Waals surface area (Å²) in [5.41, 5.74) is 0.